The standard InChI is InChI=1S/C19H17FN6S/c1-25-18-13(9-22-25)3-2-4-16(18)24-27-15-5-6-17(21-11-15)26-12-14(10-23-26)19(20)7-8-19/h2-6,9-12,24H,7-8H2,1H3. The molecular formula is C19H17FN6S. The summed E-state index contributed by atoms with van der Waals surface area (Å²) in [7, 11) is 1.93. The highest BCUT2D eigenvalue weighted by Crippen LogP contribution is 2.49. The van der Waals surface area contributed by atoms with Gasteiger partial charge in [-0.05, 0) is 43.0 Å². The predicted molar refractivity (Wildman–Crippen MR) is 104 cm³/mol. The molecule has 1 N–H and O–H groups in total. The Labute approximate surface area is 159 Å². The summed E-state index contributed by atoms with van der Waals surface area (Å²) in [5, 5.41) is 9.63. The number of hydrogen-bond donors (Lipinski definition) is 1. The van der Waals surface area contributed by atoms with Crippen molar-refractivity contribution >= 4 is 28.5 Å². The quantitative estimate of drug-likeness (QED) is 0.525. The third-order valence-electron chi connectivity index (χ3n) is 4.78. The SMILES string of the molecule is Cn1ncc2cccc(NSc3ccc(-n4cc(C5(F)CC5)cn4)nc3)c21. The average molecular weight is 380 g/mol. The number of nitrogens with one attached hydrogen (secondary N) is 1. The lowest BCUT2D eigenvalue weighted by Crippen LogP contribution is -1.99. The van der Waals surface area contributed by atoms with E-state index in [2.05, 4.69) is 19.9 Å². The van der Waals surface area contributed by atoms with E-state index in [4.69, 9.17) is 0 Å². The van der Waals surface area contributed by atoms with Gasteiger partial charge in [0.25, 0.3) is 0 Å². The highest BCUT2D eigenvalue weighted by Gasteiger charge is 2.46. The fourth-order valence-corrected chi connectivity index (χ4v) is 3.71. The van der Waals surface area contributed by atoms with Crippen molar-refractivity contribution in [3.63, 3.8) is 0 Å². The Morgan fingerprint density at radius 2 is 2.00 bits per heavy atom. The zero-order chi connectivity index (χ0) is 18.4. The van der Waals surface area contributed by atoms with Gasteiger partial charge in [0, 0.05) is 35.3 Å². The minimum atomic E-state index is -1.18. The second-order valence-corrected chi connectivity index (χ2v) is 7.59. The molecular weight excluding hydrogens is 363 g/mol. The zero-order valence-electron chi connectivity index (χ0n) is 14.6. The number of alkyl halides is 1. The van der Waals surface area contributed by atoms with Crippen LogP contribution in [-0.2, 0) is 12.7 Å². The van der Waals surface area contributed by atoms with Gasteiger partial charge >= 0.3 is 0 Å². The highest BCUT2D eigenvalue weighted by molar-refractivity contribution is 8.00. The number of anilines is 1. The number of nitrogens with zero attached hydrogens (tertiary/aromatic N) is 5. The van der Waals surface area contributed by atoms with Crippen molar-refractivity contribution in [2.45, 2.75) is 23.4 Å². The number of hydrogen-bond acceptors (Lipinski definition) is 5. The van der Waals surface area contributed by atoms with E-state index < -0.39 is 5.67 Å². The Bertz CT molecular complexity index is 1110. The van der Waals surface area contributed by atoms with Gasteiger partial charge in [-0.15, -0.1) is 0 Å². The molecule has 8 heteroatoms. The van der Waals surface area contributed by atoms with Crippen LogP contribution in [0.5, 0.6) is 0 Å². The average Bonchev–Trinajstić information content (AvgIpc) is 3.10. The smallest absolute Gasteiger partial charge is 0.153 e. The fourth-order valence-electron chi connectivity index (χ4n) is 3.08. The number of fused-ring (bicyclic) bond motifs is 1. The van der Waals surface area contributed by atoms with Crippen LogP contribution < -0.4 is 4.72 Å². The third-order valence-corrected chi connectivity index (χ3v) is 5.58. The van der Waals surface area contributed by atoms with Crippen molar-refractivity contribution in [1.82, 2.24) is 24.5 Å². The lowest BCUT2D eigenvalue weighted by molar-refractivity contribution is 0.317. The molecule has 0 unspecified atom stereocenters. The molecule has 1 saturated carbocycles. The molecule has 0 spiro atoms. The molecule has 0 bridgehead atoms. The molecule has 0 aliphatic heterocycles. The maximum atomic E-state index is 14.1. The molecule has 3 heterocycles. The molecule has 1 aromatic carbocycles. The molecule has 136 valence electrons. The fraction of sp³-hybridized carbons (Fsp3) is 0.211. The summed E-state index contributed by atoms with van der Waals surface area (Å²) in [5.74, 6) is 0.670. The number of halogens is 1. The number of para-hydroxylation sites is 1. The minimum Gasteiger partial charge on any atom is -0.324 e. The third kappa shape index (κ3) is 2.95. The van der Waals surface area contributed by atoms with Gasteiger partial charge in [-0.2, -0.15) is 10.2 Å². The number of aryl methyl sites for hydroxylation is 1. The van der Waals surface area contributed by atoms with Gasteiger partial charge in [-0.25, -0.2) is 14.1 Å². The van der Waals surface area contributed by atoms with E-state index in [1.165, 1.54) is 11.9 Å². The summed E-state index contributed by atoms with van der Waals surface area (Å²) in [4.78, 5) is 5.41. The first kappa shape index (κ1) is 16.3. The maximum Gasteiger partial charge on any atom is 0.153 e. The summed E-state index contributed by atoms with van der Waals surface area (Å²) in [6, 6.07) is 9.90. The van der Waals surface area contributed by atoms with Gasteiger partial charge in [0.05, 0.1) is 23.6 Å². The van der Waals surface area contributed by atoms with Crippen molar-refractivity contribution < 1.29 is 4.39 Å². The van der Waals surface area contributed by atoms with Gasteiger partial charge in [0.15, 0.2) is 5.82 Å². The first-order chi connectivity index (χ1) is 13.1. The van der Waals surface area contributed by atoms with Crippen LogP contribution >= 0.6 is 11.9 Å². The lowest BCUT2D eigenvalue weighted by Gasteiger charge is -2.08. The second-order valence-electron chi connectivity index (χ2n) is 6.71. The molecule has 0 radical (unpaired) electrons. The number of pyridine rings is 1. The Morgan fingerprint density at radius 1 is 1.11 bits per heavy atom. The topological polar surface area (TPSA) is 60.6 Å². The molecule has 1 aliphatic carbocycles. The van der Waals surface area contributed by atoms with E-state index in [1.807, 2.05) is 48.3 Å². The van der Waals surface area contributed by atoms with Crippen LogP contribution in [0.4, 0.5) is 10.1 Å². The van der Waals surface area contributed by atoms with Crippen molar-refractivity contribution in [2.75, 3.05) is 4.72 Å². The van der Waals surface area contributed by atoms with Crippen molar-refractivity contribution in [3.8, 4) is 5.82 Å². The van der Waals surface area contributed by atoms with Crippen LogP contribution in [0.2, 0.25) is 0 Å². The van der Waals surface area contributed by atoms with Crippen LogP contribution in [0.1, 0.15) is 18.4 Å². The van der Waals surface area contributed by atoms with Crippen molar-refractivity contribution in [1.29, 1.82) is 0 Å². The van der Waals surface area contributed by atoms with Gasteiger partial charge in [-0.3, -0.25) is 4.68 Å². The molecule has 0 saturated heterocycles. The predicted octanol–water partition coefficient (Wildman–Crippen LogP) is 4.23. The van der Waals surface area contributed by atoms with Crippen LogP contribution in [0.25, 0.3) is 16.7 Å². The summed E-state index contributed by atoms with van der Waals surface area (Å²) < 4.78 is 20.9. The first-order valence-corrected chi connectivity index (χ1v) is 9.48. The molecule has 1 aliphatic rings. The van der Waals surface area contributed by atoms with Crippen LogP contribution in [0.3, 0.4) is 0 Å². The first-order valence-electron chi connectivity index (χ1n) is 8.66. The Morgan fingerprint density at radius 3 is 2.78 bits per heavy atom. The largest absolute Gasteiger partial charge is 0.324 e. The monoisotopic (exact) mass is 380 g/mol. The summed E-state index contributed by atoms with van der Waals surface area (Å²) in [6.07, 6.45) is 8.10. The van der Waals surface area contributed by atoms with Gasteiger partial charge in [0.2, 0.25) is 0 Å². The number of aromatic nitrogens is 5. The van der Waals surface area contributed by atoms with E-state index >= 15 is 0 Å². The van der Waals surface area contributed by atoms with E-state index in [0.717, 1.165) is 21.5 Å². The molecule has 27 heavy (non-hydrogen) atoms. The summed E-state index contributed by atoms with van der Waals surface area (Å²) in [5.41, 5.74) is 1.51. The Kier molecular flexibility index (Phi) is 3.68. The van der Waals surface area contributed by atoms with Crippen LogP contribution in [0.15, 0.2) is 60.0 Å². The molecule has 0 amide bonds. The normalized spacial score (nSPS) is 15.2. The summed E-state index contributed by atoms with van der Waals surface area (Å²) in [6.45, 7) is 0. The van der Waals surface area contributed by atoms with E-state index in [0.29, 0.717) is 24.2 Å². The Balaban J connectivity index is 1.32. The molecule has 0 atom stereocenters. The van der Waals surface area contributed by atoms with E-state index in [1.54, 1.807) is 23.3 Å². The van der Waals surface area contributed by atoms with Gasteiger partial charge in [-0.1, -0.05) is 12.1 Å². The van der Waals surface area contributed by atoms with E-state index in [-0.39, 0.29) is 0 Å². The minimum absolute atomic E-state index is 0.580. The van der Waals surface area contributed by atoms with Crippen molar-refractivity contribution in [3.05, 3.63) is 60.7 Å². The van der Waals surface area contributed by atoms with Crippen LogP contribution in [-0.4, -0.2) is 24.5 Å². The van der Waals surface area contributed by atoms with Crippen LogP contribution in [0, 0.1) is 0 Å². The zero-order valence-corrected chi connectivity index (χ0v) is 15.4. The van der Waals surface area contributed by atoms with Gasteiger partial charge in [0.1, 0.15) is 5.67 Å². The maximum absolute atomic E-state index is 14.1. The van der Waals surface area contributed by atoms with Gasteiger partial charge < -0.3 is 4.72 Å². The molecule has 4 aromatic rings. The number of rotatable bonds is 5. The van der Waals surface area contributed by atoms with E-state index in [9.17, 15) is 4.39 Å². The highest BCUT2D eigenvalue weighted by atomic mass is 32.2. The summed E-state index contributed by atoms with van der Waals surface area (Å²) >= 11 is 1.48. The lowest BCUT2D eigenvalue weighted by atomic mass is 10.2. The number of benzene rings is 1. The molecule has 3 aromatic heterocycles. The molecule has 1 fully saturated rings. The second kappa shape index (κ2) is 6.09. The van der Waals surface area contributed by atoms with Crippen molar-refractivity contribution in [2.24, 2.45) is 7.05 Å². The Hall–Kier alpha value is -2.87. The molecule has 5 rings (SSSR count). The molecule has 6 nitrogen and oxygen atoms in total.